The van der Waals surface area contributed by atoms with Gasteiger partial charge in [-0.15, -0.1) is 0 Å². The van der Waals surface area contributed by atoms with Crippen molar-refractivity contribution in [1.29, 1.82) is 0 Å². The van der Waals surface area contributed by atoms with Gasteiger partial charge in [0, 0.05) is 0 Å². The van der Waals surface area contributed by atoms with Crippen molar-refractivity contribution < 1.29 is 4.74 Å². The molecule has 0 aromatic heterocycles. The van der Waals surface area contributed by atoms with Crippen molar-refractivity contribution in [2.45, 2.75) is 19.2 Å². The van der Waals surface area contributed by atoms with Crippen LogP contribution in [0, 0.1) is 13.8 Å². The Balaban J connectivity index is 3.15. The van der Waals surface area contributed by atoms with E-state index in [2.05, 4.69) is 43.5 Å². The highest BCUT2D eigenvalue weighted by molar-refractivity contribution is 7.80. The highest BCUT2D eigenvalue weighted by Gasteiger charge is 2.13. The third-order valence-electron chi connectivity index (χ3n) is 2.55. The number of hydrogen-bond donors (Lipinski definition) is 1. The van der Waals surface area contributed by atoms with Crippen LogP contribution in [-0.2, 0) is 0 Å². The van der Waals surface area contributed by atoms with E-state index in [1.54, 1.807) is 7.11 Å². The highest BCUT2D eigenvalue weighted by atomic mass is 32.1. The van der Waals surface area contributed by atoms with Crippen LogP contribution in [0.3, 0.4) is 0 Å². The zero-order valence-corrected chi connectivity index (χ0v) is 10.9. The van der Waals surface area contributed by atoms with Crippen molar-refractivity contribution >= 4 is 12.6 Å². The predicted molar refractivity (Wildman–Crippen MR) is 67.9 cm³/mol. The van der Waals surface area contributed by atoms with Gasteiger partial charge in [-0.3, -0.25) is 4.90 Å². The molecule has 0 bridgehead atoms. The Hall–Kier alpha value is -0.670. The molecule has 0 heterocycles. The molecule has 0 radical (unpaired) electrons. The molecule has 0 N–H and O–H groups in total. The number of nitrogens with zero attached hydrogens (tertiary/aromatic N) is 1. The molecule has 0 saturated carbocycles. The minimum absolute atomic E-state index is 0.134. The Morgan fingerprint density at radius 1 is 1.20 bits per heavy atom. The smallest absolute Gasteiger partial charge is 0.122 e. The Morgan fingerprint density at radius 2 is 1.80 bits per heavy atom. The van der Waals surface area contributed by atoms with Gasteiger partial charge in [0.2, 0.25) is 0 Å². The van der Waals surface area contributed by atoms with E-state index in [9.17, 15) is 0 Å². The summed E-state index contributed by atoms with van der Waals surface area (Å²) in [5.74, 6) is 0.940. The van der Waals surface area contributed by atoms with Crippen molar-refractivity contribution in [2.24, 2.45) is 0 Å². The normalized spacial score (nSPS) is 13.0. The summed E-state index contributed by atoms with van der Waals surface area (Å²) in [5.41, 5.74) is 3.60. The number of benzene rings is 1. The van der Waals surface area contributed by atoms with Gasteiger partial charge in [0.05, 0.1) is 12.5 Å². The van der Waals surface area contributed by atoms with Gasteiger partial charge in [-0.25, -0.2) is 0 Å². The number of thiol groups is 1. The maximum atomic E-state index is 5.28. The van der Waals surface area contributed by atoms with Crippen LogP contribution in [0.15, 0.2) is 12.1 Å². The van der Waals surface area contributed by atoms with Crippen LogP contribution in [0.4, 0.5) is 0 Å². The molecule has 1 aromatic rings. The number of hydrogen-bond acceptors (Lipinski definition) is 3. The molecule has 0 fully saturated rings. The fraction of sp³-hybridized carbons (Fsp3) is 0.500. The second kappa shape index (κ2) is 4.90. The van der Waals surface area contributed by atoms with Crippen LogP contribution in [-0.4, -0.2) is 26.1 Å². The van der Waals surface area contributed by atoms with Crippen LogP contribution in [0.2, 0.25) is 0 Å². The zero-order chi connectivity index (χ0) is 11.6. The first-order chi connectivity index (χ1) is 6.97. The number of methoxy groups -OCH3 is 1. The Morgan fingerprint density at radius 3 is 2.27 bits per heavy atom. The Kier molecular flexibility index (Phi) is 4.05. The first-order valence-corrected chi connectivity index (χ1v) is 5.48. The lowest BCUT2D eigenvalue weighted by atomic mass is 10.0. The van der Waals surface area contributed by atoms with Gasteiger partial charge in [0.1, 0.15) is 5.75 Å². The summed E-state index contributed by atoms with van der Waals surface area (Å²) < 4.78 is 5.28. The molecule has 1 rings (SSSR count). The minimum Gasteiger partial charge on any atom is -0.496 e. The molecule has 15 heavy (non-hydrogen) atoms. The van der Waals surface area contributed by atoms with Gasteiger partial charge < -0.3 is 4.74 Å². The first kappa shape index (κ1) is 12.4. The standard InChI is InChI=1S/C12H19NOS/c1-8-7-11(14-5)9(2)6-10(8)12(15)13(3)4/h6-7,12,15H,1-5H3. The van der Waals surface area contributed by atoms with E-state index in [0.29, 0.717) is 0 Å². The van der Waals surface area contributed by atoms with E-state index in [1.165, 1.54) is 11.1 Å². The summed E-state index contributed by atoms with van der Waals surface area (Å²) in [6.45, 7) is 4.14. The molecular formula is C12H19NOS. The van der Waals surface area contributed by atoms with Gasteiger partial charge in [-0.05, 0) is 56.8 Å². The molecule has 0 spiro atoms. The molecule has 0 aliphatic rings. The topological polar surface area (TPSA) is 12.5 Å². The summed E-state index contributed by atoms with van der Waals surface area (Å²) in [6, 6.07) is 4.21. The first-order valence-electron chi connectivity index (χ1n) is 4.97. The van der Waals surface area contributed by atoms with Crippen LogP contribution in [0.5, 0.6) is 5.75 Å². The average molecular weight is 225 g/mol. The van der Waals surface area contributed by atoms with E-state index in [4.69, 9.17) is 4.74 Å². The largest absolute Gasteiger partial charge is 0.496 e. The highest BCUT2D eigenvalue weighted by Crippen LogP contribution is 2.30. The molecule has 0 aliphatic carbocycles. The molecule has 0 amide bonds. The maximum absolute atomic E-state index is 5.28. The SMILES string of the molecule is COc1cc(C)c(C(S)N(C)C)cc1C. The molecular weight excluding hydrogens is 206 g/mol. The molecule has 1 aromatic carbocycles. The van der Waals surface area contributed by atoms with Gasteiger partial charge in [-0.1, -0.05) is 0 Å². The van der Waals surface area contributed by atoms with Crippen LogP contribution < -0.4 is 4.74 Å². The van der Waals surface area contributed by atoms with E-state index in [1.807, 2.05) is 14.1 Å². The predicted octanol–water partition coefficient (Wildman–Crippen LogP) is 2.80. The maximum Gasteiger partial charge on any atom is 0.122 e. The van der Waals surface area contributed by atoms with Crippen LogP contribution in [0.25, 0.3) is 0 Å². The Bertz CT molecular complexity index is 350. The second-order valence-electron chi connectivity index (χ2n) is 4.02. The monoisotopic (exact) mass is 225 g/mol. The Labute approximate surface area is 97.6 Å². The van der Waals surface area contributed by atoms with Crippen molar-refractivity contribution in [3.63, 3.8) is 0 Å². The van der Waals surface area contributed by atoms with Crippen molar-refractivity contribution in [1.82, 2.24) is 4.90 Å². The fourth-order valence-electron chi connectivity index (χ4n) is 1.59. The van der Waals surface area contributed by atoms with E-state index in [0.717, 1.165) is 11.3 Å². The lowest BCUT2D eigenvalue weighted by Gasteiger charge is -2.22. The molecule has 1 atom stereocenters. The quantitative estimate of drug-likeness (QED) is 0.627. The van der Waals surface area contributed by atoms with Crippen molar-refractivity contribution in [2.75, 3.05) is 21.2 Å². The third-order valence-corrected chi connectivity index (χ3v) is 3.29. The number of ether oxygens (including phenoxy) is 1. The summed E-state index contributed by atoms with van der Waals surface area (Å²) in [6.07, 6.45) is 0. The lowest BCUT2D eigenvalue weighted by molar-refractivity contribution is 0.390. The zero-order valence-electron chi connectivity index (χ0n) is 10.0. The second-order valence-corrected chi connectivity index (χ2v) is 4.50. The molecule has 84 valence electrons. The van der Waals surface area contributed by atoms with Crippen LogP contribution >= 0.6 is 12.6 Å². The van der Waals surface area contributed by atoms with Gasteiger partial charge >= 0.3 is 0 Å². The molecule has 2 nitrogen and oxygen atoms in total. The summed E-state index contributed by atoms with van der Waals surface area (Å²) in [7, 11) is 5.75. The minimum atomic E-state index is 0.134. The average Bonchev–Trinajstić information content (AvgIpc) is 2.19. The summed E-state index contributed by atoms with van der Waals surface area (Å²) in [4.78, 5) is 2.08. The van der Waals surface area contributed by atoms with Gasteiger partial charge in [-0.2, -0.15) is 12.6 Å². The summed E-state index contributed by atoms with van der Waals surface area (Å²) >= 11 is 4.58. The van der Waals surface area contributed by atoms with E-state index < -0.39 is 0 Å². The lowest BCUT2D eigenvalue weighted by Crippen LogP contribution is -2.16. The van der Waals surface area contributed by atoms with Gasteiger partial charge in [0.15, 0.2) is 0 Å². The molecule has 3 heteroatoms. The number of rotatable bonds is 3. The van der Waals surface area contributed by atoms with E-state index >= 15 is 0 Å². The number of aryl methyl sites for hydroxylation is 2. The van der Waals surface area contributed by atoms with Crippen molar-refractivity contribution in [3.05, 3.63) is 28.8 Å². The van der Waals surface area contributed by atoms with Crippen molar-refractivity contribution in [3.8, 4) is 5.75 Å². The molecule has 0 saturated heterocycles. The summed E-state index contributed by atoms with van der Waals surface area (Å²) in [5, 5.41) is 0.134. The van der Waals surface area contributed by atoms with Crippen LogP contribution in [0.1, 0.15) is 22.1 Å². The fourth-order valence-corrected chi connectivity index (χ4v) is 1.87. The van der Waals surface area contributed by atoms with E-state index in [-0.39, 0.29) is 5.37 Å². The molecule has 0 aliphatic heterocycles. The van der Waals surface area contributed by atoms with Gasteiger partial charge in [0.25, 0.3) is 0 Å². The third kappa shape index (κ3) is 2.67. The molecule has 1 unspecified atom stereocenters.